The normalized spacial score (nSPS) is 13.2. The van der Waals surface area contributed by atoms with E-state index < -0.39 is 0 Å². The molecule has 0 aromatic heterocycles. The van der Waals surface area contributed by atoms with E-state index in [1.807, 2.05) is 0 Å². The number of unbranched alkanes of at least 4 members (excludes halogenated alkanes) is 32. The maximum Gasteiger partial charge on any atom is 0.0664 e. The topological polar surface area (TPSA) is 212 Å². The largest absolute Gasteiger partial charge is 0.392 e. The summed E-state index contributed by atoms with van der Waals surface area (Å²) in [7, 11) is 0. The van der Waals surface area contributed by atoms with Crippen molar-refractivity contribution in [3.05, 3.63) is 0 Å². The van der Waals surface area contributed by atoms with Gasteiger partial charge in [0.05, 0.1) is 18.3 Å². The van der Waals surface area contributed by atoms with Crippen molar-refractivity contribution in [2.24, 2.45) is 17.2 Å². The van der Waals surface area contributed by atoms with E-state index in [1.54, 1.807) is 0 Å². The molecular weight excluding hydrogens is 1060 g/mol. The highest BCUT2D eigenvalue weighted by Crippen LogP contribution is 2.16. The smallest absolute Gasteiger partial charge is 0.0664 e. The fraction of sp³-hybridized carbons (Fsp3) is 1.00. The second-order valence-electron chi connectivity index (χ2n) is 25.8. The summed E-state index contributed by atoms with van der Waals surface area (Å²) in [5.41, 5.74) is 18.2. The van der Waals surface area contributed by atoms with Crippen LogP contribution in [-0.2, 0) is 0 Å². The van der Waals surface area contributed by atoms with Crippen molar-refractivity contribution < 1.29 is 15.3 Å². The van der Waals surface area contributed by atoms with Gasteiger partial charge in [0.25, 0.3) is 0 Å². The number of hydrogen-bond acceptors (Lipinski definition) is 15. The summed E-state index contributed by atoms with van der Waals surface area (Å²) in [5, 5.41) is 50.1. The first-order chi connectivity index (χ1) is 41.8. The summed E-state index contributed by atoms with van der Waals surface area (Å²) >= 11 is 0. The van der Waals surface area contributed by atoms with Gasteiger partial charge in [0.1, 0.15) is 0 Å². The minimum atomic E-state index is -0.276. The monoisotopic (exact) mass is 1210 g/mol. The SMILES string of the molecule is CCCCCCCCCCCCCC(O)CNCCNCCN(CCNCCN(CCN)CCNCC(O)CCCCCCCCCCCCC)CCN(CCCCCN)CCN(CCN)CCNCC(O)CCCCCCCCCCCCC. The Morgan fingerprint density at radius 2 is 0.471 bits per heavy atom. The molecule has 15 nitrogen and oxygen atoms in total. The molecule has 15 heteroatoms. The third kappa shape index (κ3) is 64.7. The quantitative estimate of drug-likeness (QED) is 0.0256. The molecule has 512 valence electrons. The van der Waals surface area contributed by atoms with Crippen molar-refractivity contribution in [2.75, 3.05) is 164 Å². The van der Waals surface area contributed by atoms with Gasteiger partial charge in [-0.3, -0.25) is 14.7 Å². The molecule has 3 atom stereocenters. The Morgan fingerprint density at radius 1 is 0.235 bits per heavy atom. The molecule has 0 saturated carbocycles. The summed E-state index contributed by atoms with van der Waals surface area (Å²) in [6.45, 7) is 28.8. The third-order valence-corrected chi connectivity index (χ3v) is 17.6. The first-order valence-corrected chi connectivity index (χ1v) is 37.4. The van der Waals surface area contributed by atoms with Crippen LogP contribution in [0.3, 0.4) is 0 Å². The van der Waals surface area contributed by atoms with E-state index >= 15 is 0 Å². The molecule has 0 aliphatic heterocycles. The Hall–Kier alpha value is -0.600. The Morgan fingerprint density at radius 3 is 0.788 bits per heavy atom. The van der Waals surface area contributed by atoms with E-state index in [9.17, 15) is 15.3 Å². The van der Waals surface area contributed by atoms with E-state index in [2.05, 4.69) is 67.0 Å². The lowest BCUT2D eigenvalue weighted by Crippen LogP contribution is -2.45. The average molecular weight is 1210 g/mol. The molecule has 14 N–H and O–H groups in total. The van der Waals surface area contributed by atoms with Gasteiger partial charge >= 0.3 is 0 Å². The molecule has 0 heterocycles. The van der Waals surface area contributed by atoms with E-state index in [0.29, 0.717) is 32.7 Å². The molecule has 0 radical (unpaired) electrons. The minimum Gasteiger partial charge on any atom is -0.392 e. The summed E-state index contributed by atoms with van der Waals surface area (Å²) in [4.78, 5) is 10.2. The molecule has 0 amide bonds. The van der Waals surface area contributed by atoms with Crippen LogP contribution in [0.25, 0.3) is 0 Å². The van der Waals surface area contributed by atoms with Crippen molar-refractivity contribution in [3.63, 3.8) is 0 Å². The van der Waals surface area contributed by atoms with Crippen LogP contribution < -0.4 is 43.8 Å². The number of nitrogens with two attached hydrogens (primary N) is 3. The molecule has 0 aromatic rings. The predicted molar refractivity (Wildman–Crippen MR) is 372 cm³/mol. The van der Waals surface area contributed by atoms with Crippen LogP contribution in [0.15, 0.2) is 0 Å². The maximum absolute atomic E-state index is 10.7. The van der Waals surface area contributed by atoms with Crippen molar-refractivity contribution in [1.82, 2.24) is 46.2 Å². The molecule has 0 rings (SSSR count). The molecule has 0 aromatic carbocycles. The fourth-order valence-electron chi connectivity index (χ4n) is 11.8. The molecule has 0 aliphatic carbocycles. The fourth-order valence-corrected chi connectivity index (χ4v) is 11.8. The number of nitrogens with one attached hydrogen (secondary N) is 5. The van der Waals surface area contributed by atoms with E-state index in [1.165, 1.54) is 193 Å². The molecule has 3 unspecified atom stereocenters. The predicted octanol–water partition coefficient (Wildman–Crippen LogP) is 10.4. The second kappa shape index (κ2) is 70.9. The Balaban J connectivity index is 5.09. The molecule has 0 saturated heterocycles. The lowest BCUT2D eigenvalue weighted by Gasteiger charge is -2.30. The molecular formula is C70H154N12O3. The molecule has 0 aliphatic rings. The zero-order valence-electron chi connectivity index (χ0n) is 57.3. The maximum atomic E-state index is 10.7. The Labute approximate surface area is 529 Å². The zero-order chi connectivity index (χ0) is 61.8. The lowest BCUT2D eigenvalue weighted by atomic mass is 10.0. The van der Waals surface area contributed by atoms with Gasteiger partial charge in [0.2, 0.25) is 0 Å². The number of nitrogens with zero attached hydrogens (tertiary/aromatic N) is 4. The van der Waals surface area contributed by atoms with Crippen molar-refractivity contribution >= 4 is 0 Å². The van der Waals surface area contributed by atoms with E-state index in [4.69, 9.17) is 17.2 Å². The standard InChI is InChI=1S/C70H154N12O3/c1-4-7-10-13-16-19-22-25-28-31-35-40-68(83)65-76-47-46-74-48-57-82(58-50-75-49-56-80(54-44-72)59-51-77-66-69(84)41-36-32-29-26-23-20-17-14-11-8-5-2)64-62-79(53-39-34-38-43-71)61-63-81(55-45-73)60-52-78-67-70(85)42-37-33-30-27-24-21-18-15-12-9-6-3/h68-70,74-78,83-85H,4-67,71-73H2,1-3H3. The van der Waals surface area contributed by atoms with Gasteiger partial charge in [-0.15, -0.1) is 0 Å². The minimum absolute atomic E-state index is 0.265. The Bertz CT molecular complexity index is 1240. The first kappa shape index (κ1) is 84.4. The lowest BCUT2D eigenvalue weighted by molar-refractivity contribution is 0.153. The summed E-state index contributed by atoms with van der Waals surface area (Å²) in [6, 6.07) is 0. The van der Waals surface area contributed by atoms with Crippen LogP contribution in [0.2, 0.25) is 0 Å². The molecule has 0 fully saturated rings. The molecule has 0 bridgehead atoms. The van der Waals surface area contributed by atoms with Crippen LogP contribution in [0, 0.1) is 0 Å². The average Bonchev–Trinajstić information content (AvgIpc) is 3.53. The number of hydrogen-bond donors (Lipinski definition) is 11. The van der Waals surface area contributed by atoms with Crippen LogP contribution in [0.5, 0.6) is 0 Å². The van der Waals surface area contributed by atoms with Crippen molar-refractivity contribution in [2.45, 2.75) is 289 Å². The van der Waals surface area contributed by atoms with Crippen LogP contribution in [-0.4, -0.2) is 217 Å². The van der Waals surface area contributed by atoms with Gasteiger partial charge in [-0.05, 0) is 45.2 Å². The van der Waals surface area contributed by atoms with Crippen LogP contribution >= 0.6 is 0 Å². The van der Waals surface area contributed by atoms with Gasteiger partial charge < -0.3 is 64.0 Å². The van der Waals surface area contributed by atoms with Gasteiger partial charge in [-0.25, -0.2) is 0 Å². The van der Waals surface area contributed by atoms with Crippen LogP contribution in [0.4, 0.5) is 0 Å². The van der Waals surface area contributed by atoms with Gasteiger partial charge in [0.15, 0.2) is 0 Å². The van der Waals surface area contributed by atoms with Crippen molar-refractivity contribution in [3.8, 4) is 0 Å². The zero-order valence-corrected chi connectivity index (χ0v) is 57.3. The summed E-state index contributed by atoms with van der Waals surface area (Å²) < 4.78 is 0. The Kier molecular flexibility index (Phi) is 70.4. The third-order valence-electron chi connectivity index (χ3n) is 17.6. The second-order valence-corrected chi connectivity index (χ2v) is 25.8. The highest BCUT2D eigenvalue weighted by atomic mass is 16.3. The van der Waals surface area contributed by atoms with Gasteiger partial charge in [-0.1, -0.05) is 239 Å². The number of aliphatic hydroxyl groups excluding tert-OH is 3. The van der Waals surface area contributed by atoms with Crippen LogP contribution in [0.1, 0.15) is 271 Å². The van der Waals surface area contributed by atoms with E-state index in [-0.39, 0.29) is 18.3 Å². The molecule has 85 heavy (non-hydrogen) atoms. The highest BCUT2D eigenvalue weighted by Gasteiger charge is 2.14. The highest BCUT2D eigenvalue weighted by molar-refractivity contribution is 4.73. The number of rotatable bonds is 75. The number of aliphatic hydroxyl groups is 3. The summed E-state index contributed by atoms with van der Waals surface area (Å²) in [6.07, 6.45) is 49.2. The van der Waals surface area contributed by atoms with Gasteiger partial charge in [0, 0.05) is 151 Å². The summed E-state index contributed by atoms with van der Waals surface area (Å²) in [5.74, 6) is 0. The molecule has 0 spiro atoms. The van der Waals surface area contributed by atoms with Gasteiger partial charge in [-0.2, -0.15) is 0 Å². The first-order valence-electron chi connectivity index (χ1n) is 37.4. The van der Waals surface area contributed by atoms with Crippen molar-refractivity contribution in [1.29, 1.82) is 0 Å². The van der Waals surface area contributed by atoms with E-state index in [0.717, 1.165) is 189 Å².